The molecule has 0 saturated heterocycles. The van der Waals surface area contributed by atoms with Crippen molar-refractivity contribution < 1.29 is 14.3 Å². The van der Waals surface area contributed by atoms with Gasteiger partial charge in [0.2, 0.25) is 0 Å². The Kier molecular flexibility index (Phi) is 9.48. The van der Waals surface area contributed by atoms with Gasteiger partial charge in [0.25, 0.3) is 0 Å². The lowest BCUT2D eigenvalue weighted by Crippen LogP contribution is -2.41. The number of likely N-dealkylation sites (N-methyl/N-ethyl adjacent to an activating group) is 1. The maximum atomic E-state index is 13.8. The minimum absolute atomic E-state index is 0.413. The first kappa shape index (κ1) is 27.6. The number of para-hydroxylation sites is 1. The molecule has 0 unspecified atom stereocenters. The number of amides is 1. The molecule has 0 fully saturated rings. The van der Waals surface area contributed by atoms with Crippen molar-refractivity contribution in [3.8, 4) is 11.5 Å². The molecule has 202 valence electrons. The highest BCUT2D eigenvalue weighted by Crippen LogP contribution is 2.30. The minimum atomic E-state index is -0.522. The van der Waals surface area contributed by atoms with Crippen LogP contribution in [0, 0.1) is 13.8 Å². The normalized spacial score (nSPS) is 11.6. The van der Waals surface area contributed by atoms with Gasteiger partial charge in [-0.15, -0.1) is 0 Å². The van der Waals surface area contributed by atoms with Gasteiger partial charge in [0, 0.05) is 25.0 Å². The monoisotopic (exact) mass is 525 g/mol. The number of aromatic nitrogens is 2. The van der Waals surface area contributed by atoms with E-state index in [9.17, 15) is 4.79 Å². The molecule has 0 bridgehead atoms. The number of nitrogens with one attached hydrogen (secondary N) is 1. The Morgan fingerprint density at radius 3 is 2.28 bits per heavy atom. The third-order valence-electron chi connectivity index (χ3n) is 6.27. The molecule has 1 heterocycles. The molecule has 0 saturated carbocycles. The smallest absolute Gasteiger partial charge is 0.421 e. The Morgan fingerprint density at radius 2 is 1.64 bits per heavy atom. The number of benzene rings is 3. The lowest BCUT2D eigenvalue weighted by Gasteiger charge is -2.31. The van der Waals surface area contributed by atoms with Crippen LogP contribution in [-0.2, 0) is 0 Å². The predicted octanol–water partition coefficient (Wildman–Crippen LogP) is 5.89. The summed E-state index contributed by atoms with van der Waals surface area (Å²) in [5, 5.41) is 3.48. The summed E-state index contributed by atoms with van der Waals surface area (Å²) in [5.74, 6) is 1.80. The highest BCUT2D eigenvalue weighted by atomic mass is 16.6. The van der Waals surface area contributed by atoms with Crippen LogP contribution in [0.15, 0.2) is 91.4 Å². The van der Waals surface area contributed by atoms with Crippen molar-refractivity contribution >= 4 is 17.6 Å². The molecule has 1 N–H and O–H groups in total. The second-order valence-corrected chi connectivity index (χ2v) is 9.51. The van der Waals surface area contributed by atoms with Gasteiger partial charge in [-0.05, 0) is 75.0 Å². The van der Waals surface area contributed by atoms with Crippen molar-refractivity contribution in [3.05, 3.63) is 108 Å². The molecule has 8 heteroatoms. The Labute approximate surface area is 230 Å². The molecule has 4 aromatic rings. The number of nitrogens with zero attached hydrogens (tertiary/aromatic N) is 4. The Bertz CT molecular complexity index is 1310. The van der Waals surface area contributed by atoms with Crippen LogP contribution in [0.4, 0.5) is 16.3 Å². The molecule has 39 heavy (non-hydrogen) atoms. The largest absolute Gasteiger partial charge is 0.492 e. The van der Waals surface area contributed by atoms with Crippen molar-refractivity contribution in [2.75, 3.05) is 44.0 Å². The zero-order valence-corrected chi connectivity index (χ0v) is 22.9. The third kappa shape index (κ3) is 7.55. The van der Waals surface area contributed by atoms with Gasteiger partial charge in [-0.25, -0.2) is 14.8 Å². The van der Waals surface area contributed by atoms with E-state index in [4.69, 9.17) is 9.47 Å². The van der Waals surface area contributed by atoms with Crippen LogP contribution in [0.5, 0.6) is 11.5 Å². The van der Waals surface area contributed by atoms with E-state index in [0.29, 0.717) is 24.7 Å². The highest BCUT2D eigenvalue weighted by Gasteiger charge is 2.30. The van der Waals surface area contributed by atoms with E-state index in [-0.39, 0.29) is 0 Å². The van der Waals surface area contributed by atoms with Crippen LogP contribution >= 0.6 is 0 Å². The maximum absolute atomic E-state index is 13.8. The fraction of sp³-hybridized carbons (Fsp3) is 0.258. The molecule has 0 spiro atoms. The highest BCUT2D eigenvalue weighted by molar-refractivity contribution is 5.89. The number of ether oxygens (including phenoxy) is 2. The molecule has 1 amide bonds. The molecule has 0 aliphatic carbocycles. The topological polar surface area (TPSA) is 79.8 Å². The molecular formula is C31H35N5O3. The first-order chi connectivity index (χ1) is 18.9. The van der Waals surface area contributed by atoms with E-state index in [2.05, 4.69) is 20.2 Å². The van der Waals surface area contributed by atoms with Gasteiger partial charge < -0.3 is 19.7 Å². The van der Waals surface area contributed by atoms with Crippen molar-refractivity contribution in [2.24, 2.45) is 0 Å². The molecule has 0 radical (unpaired) electrons. The van der Waals surface area contributed by atoms with Crippen molar-refractivity contribution in [1.82, 2.24) is 14.9 Å². The van der Waals surface area contributed by atoms with Gasteiger partial charge >= 0.3 is 6.09 Å². The summed E-state index contributed by atoms with van der Waals surface area (Å²) in [6, 6.07) is 24.7. The second kappa shape index (κ2) is 13.4. The zero-order chi connectivity index (χ0) is 27.6. The van der Waals surface area contributed by atoms with E-state index in [0.717, 1.165) is 34.7 Å². The fourth-order valence-corrected chi connectivity index (χ4v) is 4.17. The second-order valence-electron chi connectivity index (χ2n) is 9.51. The molecule has 3 aromatic carbocycles. The number of hydrogen-bond acceptors (Lipinski definition) is 7. The average Bonchev–Trinajstić information content (AvgIpc) is 2.94. The van der Waals surface area contributed by atoms with E-state index in [1.165, 1.54) is 6.33 Å². The first-order valence-electron chi connectivity index (χ1n) is 12.9. The first-order valence-corrected chi connectivity index (χ1v) is 12.9. The van der Waals surface area contributed by atoms with Gasteiger partial charge in [-0.2, -0.15) is 0 Å². The predicted molar refractivity (Wildman–Crippen MR) is 155 cm³/mol. The Balaban J connectivity index is 1.60. The zero-order valence-electron chi connectivity index (χ0n) is 22.9. The van der Waals surface area contributed by atoms with E-state index >= 15 is 0 Å². The standard InChI is InChI=1S/C31H35N5O3/c1-23-9-8-10-24(2)30(23)39-31(37)36(29-17-18-32-22-34-29)28(25-11-6-5-7-12-25)21-33-26-13-15-27(16-14-26)38-20-19-35(3)4/h5-18,22,28,33H,19-21H2,1-4H3/t28-/m1/s1. The average molecular weight is 526 g/mol. The maximum Gasteiger partial charge on any atom is 0.421 e. The summed E-state index contributed by atoms with van der Waals surface area (Å²) in [6.07, 6.45) is 2.53. The molecule has 8 nitrogen and oxygen atoms in total. The van der Waals surface area contributed by atoms with Crippen LogP contribution in [0.1, 0.15) is 22.7 Å². The van der Waals surface area contributed by atoms with Crippen LogP contribution in [0.2, 0.25) is 0 Å². The van der Waals surface area contributed by atoms with Gasteiger partial charge in [-0.3, -0.25) is 4.90 Å². The molecule has 4 rings (SSSR count). The van der Waals surface area contributed by atoms with Gasteiger partial charge in [0.05, 0.1) is 6.04 Å². The van der Waals surface area contributed by atoms with E-state index in [1.54, 1.807) is 17.2 Å². The van der Waals surface area contributed by atoms with Crippen molar-refractivity contribution in [2.45, 2.75) is 19.9 Å². The van der Waals surface area contributed by atoms with Crippen molar-refractivity contribution in [3.63, 3.8) is 0 Å². The van der Waals surface area contributed by atoms with E-state index in [1.807, 2.05) is 101 Å². The summed E-state index contributed by atoms with van der Waals surface area (Å²) >= 11 is 0. The quantitative estimate of drug-likeness (QED) is 0.261. The Morgan fingerprint density at radius 1 is 0.923 bits per heavy atom. The molecule has 1 atom stereocenters. The SMILES string of the molecule is Cc1cccc(C)c1OC(=O)N(c1ccncn1)[C@H](CNc1ccc(OCCN(C)C)cc1)c1ccccc1. The molecule has 0 aliphatic heterocycles. The summed E-state index contributed by atoms with van der Waals surface area (Å²) in [5.41, 5.74) is 3.61. The Hall–Kier alpha value is -4.43. The van der Waals surface area contributed by atoms with Crippen LogP contribution in [0.3, 0.4) is 0 Å². The number of hydrogen-bond donors (Lipinski definition) is 1. The lowest BCUT2D eigenvalue weighted by molar-refractivity contribution is 0.204. The van der Waals surface area contributed by atoms with Gasteiger partial charge in [0.15, 0.2) is 0 Å². The van der Waals surface area contributed by atoms with Gasteiger partial charge in [-0.1, -0.05) is 48.5 Å². The molecule has 0 aliphatic rings. The van der Waals surface area contributed by atoms with Crippen molar-refractivity contribution in [1.29, 1.82) is 0 Å². The summed E-state index contributed by atoms with van der Waals surface area (Å²) in [4.78, 5) is 25.9. The third-order valence-corrected chi connectivity index (χ3v) is 6.27. The summed E-state index contributed by atoms with van der Waals surface area (Å²) in [6.45, 7) is 5.72. The number of anilines is 2. The number of carbonyl (C=O) groups excluding carboxylic acids is 1. The van der Waals surface area contributed by atoms with Crippen LogP contribution in [-0.4, -0.2) is 54.8 Å². The summed E-state index contributed by atoms with van der Waals surface area (Å²) in [7, 11) is 4.03. The minimum Gasteiger partial charge on any atom is -0.492 e. The van der Waals surface area contributed by atoms with Gasteiger partial charge in [0.1, 0.15) is 30.3 Å². The number of rotatable bonds is 11. The number of aryl methyl sites for hydroxylation is 2. The fourth-order valence-electron chi connectivity index (χ4n) is 4.17. The molecule has 1 aromatic heterocycles. The van der Waals surface area contributed by atoms with Crippen LogP contribution < -0.4 is 19.7 Å². The number of carbonyl (C=O) groups is 1. The van der Waals surface area contributed by atoms with E-state index < -0.39 is 12.1 Å². The van der Waals surface area contributed by atoms with Crippen LogP contribution in [0.25, 0.3) is 0 Å². The molecular weight excluding hydrogens is 490 g/mol. The summed E-state index contributed by atoms with van der Waals surface area (Å²) < 4.78 is 11.8. The lowest BCUT2D eigenvalue weighted by atomic mass is 10.0.